The molecule has 4 heterocycles. The maximum absolute atomic E-state index is 12.7. The molecular formula is C20H28N4O3. The zero-order valence-electron chi connectivity index (χ0n) is 16.0. The summed E-state index contributed by atoms with van der Waals surface area (Å²) in [5.74, 6) is 0.934. The highest BCUT2D eigenvalue weighted by atomic mass is 16.5. The molecule has 3 aliphatic rings. The molecule has 146 valence electrons. The number of aromatic nitrogens is 2. The lowest BCUT2D eigenvalue weighted by Gasteiger charge is -2.35. The van der Waals surface area contributed by atoms with E-state index in [1.165, 1.54) is 0 Å². The number of amides is 2. The number of likely N-dealkylation sites (tertiary alicyclic amines) is 1. The summed E-state index contributed by atoms with van der Waals surface area (Å²) in [6, 6.07) is -0.0168. The van der Waals surface area contributed by atoms with Crippen LogP contribution in [0.3, 0.4) is 0 Å². The molecule has 1 aromatic rings. The smallest absolute Gasteiger partial charge is 0.252 e. The average molecular weight is 372 g/mol. The lowest BCUT2D eigenvalue weighted by Crippen LogP contribution is -2.44. The summed E-state index contributed by atoms with van der Waals surface area (Å²) in [5, 5.41) is 0. The average Bonchev–Trinajstić information content (AvgIpc) is 2.73. The zero-order chi connectivity index (χ0) is 18.8. The third kappa shape index (κ3) is 3.83. The Labute approximate surface area is 160 Å². The SMILES string of the molecule is CC(=O)N1CCCC[C@H]1c1ncc2c(n1)CCN(C(=O)[C@@H]1CCCCO1)C2. The maximum Gasteiger partial charge on any atom is 0.252 e. The number of nitrogens with zero attached hydrogens (tertiary/aromatic N) is 4. The van der Waals surface area contributed by atoms with Crippen LogP contribution in [0, 0.1) is 0 Å². The zero-order valence-corrected chi connectivity index (χ0v) is 16.0. The molecule has 0 aliphatic carbocycles. The number of hydrogen-bond acceptors (Lipinski definition) is 5. The van der Waals surface area contributed by atoms with Crippen LogP contribution in [0.1, 0.15) is 68.6 Å². The van der Waals surface area contributed by atoms with E-state index in [4.69, 9.17) is 9.72 Å². The summed E-state index contributed by atoms with van der Waals surface area (Å²) in [6.07, 6.45) is 8.28. The van der Waals surface area contributed by atoms with Crippen molar-refractivity contribution in [2.24, 2.45) is 0 Å². The molecule has 0 radical (unpaired) electrons. The van der Waals surface area contributed by atoms with Crippen LogP contribution in [0.4, 0.5) is 0 Å². The van der Waals surface area contributed by atoms with E-state index in [0.717, 1.165) is 68.6 Å². The Hall–Kier alpha value is -2.02. The lowest BCUT2D eigenvalue weighted by molar-refractivity contribution is -0.147. The van der Waals surface area contributed by atoms with Crippen LogP contribution in [0.15, 0.2) is 6.20 Å². The van der Waals surface area contributed by atoms with E-state index in [9.17, 15) is 9.59 Å². The molecule has 7 nitrogen and oxygen atoms in total. The quantitative estimate of drug-likeness (QED) is 0.794. The Kier molecular flexibility index (Phi) is 5.38. The number of carbonyl (C=O) groups is 2. The first kappa shape index (κ1) is 18.3. The van der Waals surface area contributed by atoms with Gasteiger partial charge in [0.05, 0.1) is 11.7 Å². The van der Waals surface area contributed by atoms with Crippen molar-refractivity contribution in [1.29, 1.82) is 0 Å². The molecule has 0 N–H and O–H groups in total. The van der Waals surface area contributed by atoms with Crippen molar-refractivity contribution in [3.05, 3.63) is 23.3 Å². The molecule has 2 amide bonds. The monoisotopic (exact) mass is 372 g/mol. The third-order valence-electron chi connectivity index (χ3n) is 5.92. The van der Waals surface area contributed by atoms with Crippen LogP contribution in [0.25, 0.3) is 0 Å². The van der Waals surface area contributed by atoms with Gasteiger partial charge in [-0.1, -0.05) is 0 Å². The Morgan fingerprint density at radius 2 is 2.00 bits per heavy atom. The van der Waals surface area contributed by atoms with Crippen LogP contribution in [0.2, 0.25) is 0 Å². The van der Waals surface area contributed by atoms with Crippen molar-refractivity contribution < 1.29 is 14.3 Å². The highest BCUT2D eigenvalue weighted by Gasteiger charge is 2.32. The van der Waals surface area contributed by atoms with Crippen LogP contribution in [0.5, 0.6) is 0 Å². The number of rotatable bonds is 2. The molecule has 7 heteroatoms. The van der Waals surface area contributed by atoms with Gasteiger partial charge in [-0.15, -0.1) is 0 Å². The van der Waals surface area contributed by atoms with Crippen molar-refractivity contribution in [3.8, 4) is 0 Å². The molecule has 0 unspecified atom stereocenters. The Morgan fingerprint density at radius 1 is 1.15 bits per heavy atom. The van der Waals surface area contributed by atoms with Gasteiger partial charge in [0.2, 0.25) is 5.91 Å². The molecule has 0 aromatic carbocycles. The second-order valence-electron chi connectivity index (χ2n) is 7.79. The number of fused-ring (bicyclic) bond motifs is 1. The van der Waals surface area contributed by atoms with E-state index in [2.05, 4.69) is 4.98 Å². The number of hydrogen-bond donors (Lipinski definition) is 0. The van der Waals surface area contributed by atoms with E-state index in [1.807, 2.05) is 16.0 Å². The van der Waals surface area contributed by atoms with E-state index in [0.29, 0.717) is 19.7 Å². The predicted octanol–water partition coefficient (Wildman–Crippen LogP) is 2.00. The highest BCUT2D eigenvalue weighted by molar-refractivity contribution is 5.81. The molecule has 0 bridgehead atoms. The number of carbonyl (C=O) groups excluding carboxylic acids is 2. The summed E-state index contributed by atoms with van der Waals surface area (Å²) in [6.45, 7) is 4.30. The summed E-state index contributed by atoms with van der Waals surface area (Å²) < 4.78 is 5.65. The van der Waals surface area contributed by atoms with Gasteiger partial charge in [-0.3, -0.25) is 9.59 Å². The largest absolute Gasteiger partial charge is 0.368 e. The van der Waals surface area contributed by atoms with E-state index in [1.54, 1.807) is 6.92 Å². The fourth-order valence-corrected chi connectivity index (χ4v) is 4.40. The van der Waals surface area contributed by atoms with Crippen molar-refractivity contribution in [2.75, 3.05) is 19.7 Å². The van der Waals surface area contributed by atoms with Gasteiger partial charge >= 0.3 is 0 Å². The van der Waals surface area contributed by atoms with Crippen molar-refractivity contribution in [1.82, 2.24) is 19.8 Å². The summed E-state index contributed by atoms with van der Waals surface area (Å²) in [5.41, 5.74) is 2.03. The minimum atomic E-state index is -0.285. The minimum Gasteiger partial charge on any atom is -0.368 e. The molecule has 1 aromatic heterocycles. The molecule has 27 heavy (non-hydrogen) atoms. The van der Waals surface area contributed by atoms with Crippen LogP contribution in [-0.2, 0) is 27.3 Å². The normalized spacial score (nSPS) is 25.8. The molecule has 2 fully saturated rings. The first-order chi connectivity index (χ1) is 13.1. The molecule has 0 spiro atoms. The maximum atomic E-state index is 12.7. The van der Waals surface area contributed by atoms with Gasteiger partial charge < -0.3 is 14.5 Å². The molecule has 3 aliphatic heterocycles. The lowest BCUT2D eigenvalue weighted by atomic mass is 10.00. The van der Waals surface area contributed by atoms with Gasteiger partial charge in [0.15, 0.2) is 5.82 Å². The van der Waals surface area contributed by atoms with Crippen molar-refractivity contribution in [2.45, 2.75) is 70.6 Å². The number of ether oxygens (including phenoxy) is 1. The predicted molar refractivity (Wildman–Crippen MR) is 98.7 cm³/mol. The van der Waals surface area contributed by atoms with Gasteiger partial charge in [-0.25, -0.2) is 9.97 Å². The van der Waals surface area contributed by atoms with Crippen molar-refractivity contribution >= 4 is 11.8 Å². The molecule has 2 saturated heterocycles. The summed E-state index contributed by atoms with van der Waals surface area (Å²) in [7, 11) is 0. The van der Waals surface area contributed by atoms with Gasteiger partial charge in [0.1, 0.15) is 6.10 Å². The van der Waals surface area contributed by atoms with Crippen molar-refractivity contribution in [3.63, 3.8) is 0 Å². The molecule has 2 atom stereocenters. The van der Waals surface area contributed by atoms with Gasteiger partial charge in [-0.2, -0.15) is 0 Å². The molecule has 4 rings (SSSR count). The van der Waals surface area contributed by atoms with Crippen LogP contribution < -0.4 is 0 Å². The Morgan fingerprint density at radius 3 is 2.78 bits per heavy atom. The van der Waals surface area contributed by atoms with Gasteiger partial charge in [0, 0.05) is 51.3 Å². The van der Waals surface area contributed by atoms with E-state index >= 15 is 0 Å². The summed E-state index contributed by atoms with van der Waals surface area (Å²) in [4.78, 5) is 37.8. The first-order valence-corrected chi connectivity index (χ1v) is 10.2. The fraction of sp³-hybridized carbons (Fsp3) is 0.700. The third-order valence-corrected chi connectivity index (χ3v) is 5.92. The van der Waals surface area contributed by atoms with E-state index < -0.39 is 0 Å². The fourth-order valence-electron chi connectivity index (χ4n) is 4.40. The molecule has 0 saturated carbocycles. The minimum absolute atomic E-state index is 0.0168. The summed E-state index contributed by atoms with van der Waals surface area (Å²) >= 11 is 0. The topological polar surface area (TPSA) is 75.6 Å². The second-order valence-corrected chi connectivity index (χ2v) is 7.79. The number of piperidine rings is 1. The van der Waals surface area contributed by atoms with Gasteiger partial charge in [-0.05, 0) is 38.5 Å². The highest BCUT2D eigenvalue weighted by Crippen LogP contribution is 2.30. The Balaban J connectivity index is 1.48. The Bertz CT molecular complexity index is 717. The second kappa shape index (κ2) is 7.92. The van der Waals surface area contributed by atoms with Crippen LogP contribution >= 0.6 is 0 Å². The molecular weight excluding hydrogens is 344 g/mol. The van der Waals surface area contributed by atoms with Gasteiger partial charge in [0.25, 0.3) is 5.91 Å². The first-order valence-electron chi connectivity index (χ1n) is 10.2. The van der Waals surface area contributed by atoms with E-state index in [-0.39, 0.29) is 24.0 Å². The standard InChI is InChI=1S/C20H28N4O3/c1-14(25)24-9-4-2-6-17(24)19-21-12-15-13-23(10-8-16(15)22-19)20(26)18-7-3-5-11-27-18/h12,17-18H,2-11,13H2,1H3/t17-,18-/m0/s1. The van der Waals surface area contributed by atoms with Crippen LogP contribution in [-0.4, -0.2) is 57.4 Å².